The first-order valence-electron chi connectivity index (χ1n) is 13.4. The monoisotopic (exact) mass is 573 g/mol. The van der Waals surface area contributed by atoms with Gasteiger partial charge in [-0.25, -0.2) is 23.5 Å². The van der Waals surface area contributed by atoms with E-state index in [1.54, 1.807) is 72.9 Å². The Labute approximate surface area is 238 Å². The molecule has 0 radical (unpaired) electrons. The molecule has 0 bridgehead atoms. The normalized spacial score (nSPS) is 14.9. The number of β-amino-alcohol motifs (C(OH)–C–C–N with tert-alkyl or cyclic N) is 1. The van der Waals surface area contributed by atoms with Crippen molar-refractivity contribution in [2.24, 2.45) is 28.2 Å². The Kier molecular flexibility index (Phi) is 5.51. The topological polar surface area (TPSA) is 104 Å². The van der Waals surface area contributed by atoms with Crippen LogP contribution in [0.25, 0.3) is 50.4 Å². The third-order valence-corrected chi connectivity index (χ3v) is 8.11. The Morgan fingerprint density at radius 1 is 1.00 bits per heavy atom. The Morgan fingerprint density at radius 3 is 2.38 bits per heavy atom. The Balaban J connectivity index is 1.56. The van der Waals surface area contributed by atoms with E-state index in [9.17, 15) is 18.7 Å². The lowest BCUT2D eigenvalue weighted by Crippen LogP contribution is -2.60. The Morgan fingerprint density at radius 2 is 1.76 bits per heavy atom. The molecule has 7 rings (SSSR count). The van der Waals surface area contributed by atoms with Gasteiger partial charge in [-0.3, -0.25) is 18.4 Å². The Hall–Kier alpha value is -4.78. The molecule has 0 atom stereocenters. The summed E-state index contributed by atoms with van der Waals surface area (Å²) in [6, 6.07) is 6.96. The minimum Gasteiger partial charge on any atom is -0.386 e. The number of hydrogen-bond acceptors (Lipinski definition) is 6. The quantitative estimate of drug-likeness (QED) is 0.339. The fraction of sp³-hybridized carbons (Fsp3) is 0.310. The number of aliphatic hydroxyl groups is 1. The molecule has 0 amide bonds. The summed E-state index contributed by atoms with van der Waals surface area (Å²) in [6.45, 7) is 2.54. The summed E-state index contributed by atoms with van der Waals surface area (Å²) >= 11 is 0. The maximum Gasteiger partial charge on any atom is 0.328 e. The molecule has 42 heavy (non-hydrogen) atoms. The van der Waals surface area contributed by atoms with Crippen LogP contribution in [0.4, 0.5) is 14.5 Å². The van der Waals surface area contributed by atoms with E-state index in [2.05, 4.69) is 10.1 Å². The van der Waals surface area contributed by atoms with Crippen molar-refractivity contribution in [3.8, 4) is 28.3 Å². The van der Waals surface area contributed by atoms with Crippen LogP contribution in [0.2, 0.25) is 0 Å². The van der Waals surface area contributed by atoms with Gasteiger partial charge < -0.3 is 14.6 Å². The van der Waals surface area contributed by atoms with E-state index >= 15 is 0 Å². The van der Waals surface area contributed by atoms with Gasteiger partial charge >= 0.3 is 5.69 Å². The highest BCUT2D eigenvalue weighted by Crippen LogP contribution is 2.40. The number of nitrogens with zero attached hydrogens (tertiary/aromatic N) is 9. The molecule has 2 aromatic carbocycles. The average molecular weight is 574 g/mol. The molecule has 0 unspecified atom stereocenters. The van der Waals surface area contributed by atoms with Gasteiger partial charge in [0.15, 0.2) is 5.82 Å². The fourth-order valence-corrected chi connectivity index (χ4v) is 6.07. The molecule has 1 N–H and O–H groups in total. The van der Waals surface area contributed by atoms with Crippen LogP contribution >= 0.6 is 0 Å². The highest BCUT2D eigenvalue weighted by atomic mass is 19.3. The van der Waals surface area contributed by atoms with Gasteiger partial charge in [0.05, 0.1) is 57.8 Å². The molecule has 1 fully saturated rings. The van der Waals surface area contributed by atoms with E-state index in [4.69, 9.17) is 4.98 Å². The molecule has 11 nitrogen and oxygen atoms in total. The van der Waals surface area contributed by atoms with Crippen molar-refractivity contribution in [1.29, 1.82) is 0 Å². The van der Waals surface area contributed by atoms with E-state index in [0.717, 1.165) is 11.2 Å². The zero-order valence-corrected chi connectivity index (χ0v) is 23.7. The maximum atomic E-state index is 14.6. The highest BCUT2D eigenvalue weighted by Gasteiger charge is 2.38. The van der Waals surface area contributed by atoms with E-state index in [1.807, 2.05) is 33.2 Å². The summed E-state index contributed by atoms with van der Waals surface area (Å²) in [7, 11) is 7.00. The summed E-state index contributed by atoms with van der Waals surface area (Å²) in [5.41, 5.74) is 4.21. The van der Waals surface area contributed by atoms with Gasteiger partial charge in [-0.2, -0.15) is 5.10 Å². The van der Waals surface area contributed by atoms with Crippen molar-refractivity contribution in [1.82, 2.24) is 38.0 Å². The number of fused-ring (bicyclic) bond motifs is 2. The fourth-order valence-electron chi connectivity index (χ4n) is 6.07. The van der Waals surface area contributed by atoms with Gasteiger partial charge in [0.2, 0.25) is 0 Å². The molecule has 216 valence electrons. The number of benzene rings is 2. The molecule has 5 heterocycles. The summed E-state index contributed by atoms with van der Waals surface area (Å²) < 4.78 is 37.6. The lowest BCUT2D eigenvalue weighted by atomic mass is 9.95. The number of hydrogen-bond donors (Lipinski definition) is 1. The third kappa shape index (κ3) is 3.80. The van der Waals surface area contributed by atoms with Crippen molar-refractivity contribution in [2.45, 2.75) is 19.0 Å². The zero-order valence-electron chi connectivity index (χ0n) is 23.7. The number of imidazole rings is 3. The van der Waals surface area contributed by atoms with Gasteiger partial charge in [-0.1, -0.05) is 0 Å². The van der Waals surface area contributed by atoms with E-state index < -0.39 is 12.0 Å². The van der Waals surface area contributed by atoms with Crippen LogP contribution in [0.1, 0.15) is 18.9 Å². The standard InChI is InChI=1S/C29H29F2N9O2/c1-29(42)13-39(14-29)23-7-17(6-22-25(23)38(5)28(41)37(22)4)40-21-9-19(26(30)31)18(16-10-33-36(3)12-16)8-20(21)34-27(40)24-11-32-15-35(24)2/h6-12,15,26,42H,13-14H2,1-5H3. The minimum absolute atomic E-state index is 0.139. The summed E-state index contributed by atoms with van der Waals surface area (Å²) in [4.78, 5) is 24.3. The molecular weight excluding hydrogens is 544 g/mol. The van der Waals surface area contributed by atoms with Crippen LogP contribution in [0, 0.1) is 0 Å². The largest absolute Gasteiger partial charge is 0.386 e. The number of anilines is 1. The van der Waals surface area contributed by atoms with Crippen molar-refractivity contribution in [3.63, 3.8) is 0 Å². The van der Waals surface area contributed by atoms with Crippen LogP contribution in [-0.2, 0) is 28.2 Å². The van der Waals surface area contributed by atoms with Gasteiger partial charge in [0, 0.05) is 58.6 Å². The number of alkyl halides is 2. The first-order valence-corrected chi connectivity index (χ1v) is 13.4. The predicted octanol–water partition coefficient (Wildman–Crippen LogP) is 3.53. The molecule has 4 aromatic heterocycles. The minimum atomic E-state index is -2.75. The second kappa shape index (κ2) is 8.86. The van der Waals surface area contributed by atoms with E-state index in [-0.39, 0.29) is 11.3 Å². The van der Waals surface area contributed by atoms with Crippen LogP contribution in [-0.4, -0.2) is 61.8 Å². The van der Waals surface area contributed by atoms with E-state index in [1.165, 1.54) is 6.07 Å². The molecule has 1 saturated heterocycles. The molecule has 0 spiro atoms. The van der Waals surface area contributed by atoms with E-state index in [0.29, 0.717) is 58.0 Å². The number of aryl methyl sites for hydroxylation is 4. The summed E-state index contributed by atoms with van der Waals surface area (Å²) in [5, 5.41) is 14.7. The molecule has 0 aliphatic carbocycles. The van der Waals surface area contributed by atoms with Crippen LogP contribution < -0.4 is 10.6 Å². The van der Waals surface area contributed by atoms with Gasteiger partial charge in [0.25, 0.3) is 6.43 Å². The van der Waals surface area contributed by atoms with Crippen LogP contribution in [0.3, 0.4) is 0 Å². The van der Waals surface area contributed by atoms with Crippen molar-refractivity contribution >= 4 is 27.8 Å². The SMILES string of the molecule is Cn1cc(-c2cc3nc(-c4cncn4C)n(-c4cc(N5CC(C)(O)C5)c5c(c4)n(C)c(=O)n5C)c3cc2C(F)F)cn1. The summed E-state index contributed by atoms with van der Waals surface area (Å²) in [5.74, 6) is 0.510. The zero-order chi connectivity index (χ0) is 29.7. The molecule has 0 saturated carbocycles. The molecule has 13 heteroatoms. The van der Waals surface area contributed by atoms with Crippen LogP contribution in [0.15, 0.2) is 54.0 Å². The smallest absolute Gasteiger partial charge is 0.328 e. The molecule has 1 aliphatic heterocycles. The van der Waals surface area contributed by atoms with Gasteiger partial charge in [-0.05, 0) is 36.8 Å². The second-order valence-electron chi connectivity index (χ2n) is 11.4. The number of rotatable bonds is 5. The van der Waals surface area contributed by atoms with Gasteiger partial charge in [-0.15, -0.1) is 0 Å². The Bertz CT molecular complexity index is 2090. The first-order chi connectivity index (χ1) is 19.9. The highest BCUT2D eigenvalue weighted by molar-refractivity contribution is 5.95. The molecular formula is C29H29F2N9O2. The first kappa shape index (κ1) is 26.1. The molecule has 6 aromatic rings. The lowest BCUT2D eigenvalue weighted by Gasteiger charge is -2.46. The van der Waals surface area contributed by atoms with Crippen molar-refractivity contribution < 1.29 is 13.9 Å². The second-order valence-corrected chi connectivity index (χ2v) is 11.4. The number of halogens is 2. The third-order valence-electron chi connectivity index (χ3n) is 8.11. The summed E-state index contributed by atoms with van der Waals surface area (Å²) in [6.07, 6.45) is 3.85. The predicted molar refractivity (Wildman–Crippen MR) is 155 cm³/mol. The lowest BCUT2D eigenvalue weighted by molar-refractivity contribution is 0.0312. The van der Waals surface area contributed by atoms with Crippen molar-refractivity contribution in [3.05, 3.63) is 65.2 Å². The van der Waals surface area contributed by atoms with Crippen molar-refractivity contribution in [2.75, 3.05) is 18.0 Å². The molecule has 1 aliphatic rings. The number of aromatic nitrogens is 8. The van der Waals surface area contributed by atoms with Gasteiger partial charge in [0.1, 0.15) is 5.69 Å². The average Bonchev–Trinajstić information content (AvgIpc) is 3.69. The van der Waals surface area contributed by atoms with Crippen LogP contribution in [0.5, 0.6) is 0 Å². The maximum absolute atomic E-state index is 14.6.